The van der Waals surface area contributed by atoms with E-state index in [1.54, 1.807) is 0 Å². The van der Waals surface area contributed by atoms with Crippen LogP contribution in [0.2, 0.25) is 0 Å². The molecule has 2 rings (SSSR count). The Morgan fingerprint density at radius 3 is 2.24 bits per heavy atom. The summed E-state index contributed by atoms with van der Waals surface area (Å²) in [5, 5.41) is 3.44. The fraction of sp³-hybridized carbons (Fsp3) is 0.625. The van der Waals surface area contributed by atoms with Gasteiger partial charge in [-0.05, 0) is 48.8 Å². The molecule has 0 spiro atoms. The highest BCUT2D eigenvalue weighted by Gasteiger charge is 2.32. The number of rotatable bonds is 3. The summed E-state index contributed by atoms with van der Waals surface area (Å²) in [7, 11) is 2.09. The molecule has 3 unspecified atom stereocenters. The van der Waals surface area contributed by atoms with E-state index in [2.05, 4.69) is 57.4 Å². The molecule has 1 aromatic carbocycles. The van der Waals surface area contributed by atoms with Gasteiger partial charge >= 0.3 is 0 Å². The predicted molar refractivity (Wildman–Crippen MR) is 74.5 cm³/mol. The third kappa shape index (κ3) is 2.55. The van der Waals surface area contributed by atoms with Crippen molar-refractivity contribution in [2.45, 2.75) is 51.5 Å². The SMILES string of the molecule is CNC1CCC(c2ccc(C(C)C)cc2)C1C. The molecule has 0 radical (unpaired) electrons. The summed E-state index contributed by atoms with van der Waals surface area (Å²) < 4.78 is 0. The first kappa shape index (κ1) is 12.6. The molecule has 94 valence electrons. The van der Waals surface area contributed by atoms with E-state index >= 15 is 0 Å². The van der Waals surface area contributed by atoms with Crippen molar-refractivity contribution < 1.29 is 0 Å². The first-order valence-corrected chi connectivity index (χ1v) is 6.90. The molecular weight excluding hydrogens is 206 g/mol. The van der Waals surface area contributed by atoms with E-state index in [9.17, 15) is 0 Å². The van der Waals surface area contributed by atoms with E-state index in [1.807, 2.05) is 0 Å². The zero-order valence-electron chi connectivity index (χ0n) is 11.5. The summed E-state index contributed by atoms with van der Waals surface area (Å²) in [6, 6.07) is 9.99. The molecule has 1 aliphatic carbocycles. The maximum Gasteiger partial charge on any atom is 0.00957 e. The molecule has 1 aliphatic rings. The molecule has 1 aromatic rings. The van der Waals surface area contributed by atoms with Crippen molar-refractivity contribution in [2.75, 3.05) is 7.05 Å². The standard InChI is InChI=1S/C16H25N/c1-11(2)13-5-7-14(8-6-13)15-9-10-16(17-4)12(15)3/h5-8,11-12,15-17H,9-10H2,1-4H3. The van der Waals surface area contributed by atoms with Crippen molar-refractivity contribution in [1.29, 1.82) is 0 Å². The van der Waals surface area contributed by atoms with Crippen LogP contribution in [0, 0.1) is 5.92 Å². The van der Waals surface area contributed by atoms with Crippen LogP contribution in [0.5, 0.6) is 0 Å². The van der Waals surface area contributed by atoms with Crippen LogP contribution in [0.15, 0.2) is 24.3 Å². The van der Waals surface area contributed by atoms with Gasteiger partial charge in [0.2, 0.25) is 0 Å². The molecule has 0 saturated heterocycles. The molecule has 0 heterocycles. The Morgan fingerprint density at radius 1 is 1.12 bits per heavy atom. The average Bonchev–Trinajstić information content (AvgIpc) is 2.70. The molecule has 3 atom stereocenters. The van der Waals surface area contributed by atoms with Crippen molar-refractivity contribution in [3.63, 3.8) is 0 Å². The van der Waals surface area contributed by atoms with Crippen molar-refractivity contribution in [3.8, 4) is 0 Å². The molecule has 17 heavy (non-hydrogen) atoms. The summed E-state index contributed by atoms with van der Waals surface area (Å²) >= 11 is 0. The molecule has 1 saturated carbocycles. The number of nitrogens with one attached hydrogen (secondary N) is 1. The Kier molecular flexibility index (Phi) is 3.88. The molecule has 1 nitrogen and oxygen atoms in total. The van der Waals surface area contributed by atoms with E-state index in [4.69, 9.17) is 0 Å². The van der Waals surface area contributed by atoms with E-state index < -0.39 is 0 Å². The van der Waals surface area contributed by atoms with Gasteiger partial charge in [0, 0.05) is 6.04 Å². The topological polar surface area (TPSA) is 12.0 Å². The summed E-state index contributed by atoms with van der Waals surface area (Å²) in [4.78, 5) is 0. The van der Waals surface area contributed by atoms with Gasteiger partial charge in [-0.3, -0.25) is 0 Å². The lowest BCUT2D eigenvalue weighted by Crippen LogP contribution is -2.28. The van der Waals surface area contributed by atoms with Gasteiger partial charge in [0.05, 0.1) is 0 Å². The van der Waals surface area contributed by atoms with Crippen LogP contribution in [0.3, 0.4) is 0 Å². The number of benzene rings is 1. The minimum Gasteiger partial charge on any atom is -0.317 e. The summed E-state index contributed by atoms with van der Waals surface area (Å²) in [5.41, 5.74) is 2.98. The monoisotopic (exact) mass is 231 g/mol. The minimum absolute atomic E-state index is 0.634. The lowest BCUT2D eigenvalue weighted by atomic mass is 9.88. The second-order valence-electron chi connectivity index (χ2n) is 5.76. The van der Waals surface area contributed by atoms with Crippen molar-refractivity contribution in [2.24, 2.45) is 5.92 Å². The lowest BCUT2D eigenvalue weighted by molar-refractivity contribution is 0.429. The first-order valence-electron chi connectivity index (χ1n) is 6.90. The highest BCUT2D eigenvalue weighted by atomic mass is 14.9. The number of hydrogen-bond donors (Lipinski definition) is 1. The zero-order chi connectivity index (χ0) is 12.4. The van der Waals surface area contributed by atoms with Crippen LogP contribution in [0.1, 0.15) is 56.6 Å². The second kappa shape index (κ2) is 5.22. The Bertz CT molecular complexity index is 352. The Morgan fingerprint density at radius 2 is 1.76 bits per heavy atom. The van der Waals surface area contributed by atoms with Crippen molar-refractivity contribution in [1.82, 2.24) is 5.32 Å². The fourth-order valence-electron chi connectivity index (χ4n) is 3.17. The molecule has 0 amide bonds. The highest BCUT2D eigenvalue weighted by Crippen LogP contribution is 2.39. The molecule has 0 bridgehead atoms. The normalized spacial score (nSPS) is 28.9. The van der Waals surface area contributed by atoms with Gasteiger partial charge in [0.1, 0.15) is 0 Å². The zero-order valence-corrected chi connectivity index (χ0v) is 11.5. The van der Waals surface area contributed by atoms with Crippen molar-refractivity contribution in [3.05, 3.63) is 35.4 Å². The van der Waals surface area contributed by atoms with E-state index in [1.165, 1.54) is 24.0 Å². The lowest BCUT2D eigenvalue weighted by Gasteiger charge is -2.21. The third-order valence-electron chi connectivity index (χ3n) is 4.46. The average molecular weight is 231 g/mol. The Balaban J connectivity index is 2.13. The van der Waals surface area contributed by atoms with Crippen LogP contribution < -0.4 is 5.32 Å². The van der Waals surface area contributed by atoms with Gasteiger partial charge < -0.3 is 5.32 Å². The second-order valence-corrected chi connectivity index (χ2v) is 5.76. The highest BCUT2D eigenvalue weighted by molar-refractivity contribution is 5.28. The van der Waals surface area contributed by atoms with Crippen LogP contribution in [0.25, 0.3) is 0 Å². The smallest absolute Gasteiger partial charge is 0.00957 e. The largest absolute Gasteiger partial charge is 0.317 e. The first-order chi connectivity index (χ1) is 8.13. The fourth-order valence-corrected chi connectivity index (χ4v) is 3.17. The van der Waals surface area contributed by atoms with E-state index in [-0.39, 0.29) is 0 Å². The summed E-state index contributed by atoms with van der Waals surface area (Å²) in [5.74, 6) is 2.13. The third-order valence-corrected chi connectivity index (χ3v) is 4.46. The maximum atomic E-state index is 3.44. The molecular formula is C16H25N. The van der Waals surface area contributed by atoms with E-state index in [0.29, 0.717) is 12.0 Å². The number of hydrogen-bond acceptors (Lipinski definition) is 1. The van der Waals surface area contributed by atoms with Crippen LogP contribution in [-0.4, -0.2) is 13.1 Å². The van der Waals surface area contributed by atoms with Gasteiger partial charge in [-0.2, -0.15) is 0 Å². The predicted octanol–water partition coefficient (Wildman–Crippen LogP) is 3.91. The molecule has 0 aromatic heterocycles. The Hall–Kier alpha value is -0.820. The van der Waals surface area contributed by atoms with Gasteiger partial charge in [0.15, 0.2) is 0 Å². The summed E-state index contributed by atoms with van der Waals surface area (Å²) in [6.07, 6.45) is 2.64. The van der Waals surface area contributed by atoms with Gasteiger partial charge in [-0.25, -0.2) is 0 Å². The van der Waals surface area contributed by atoms with Crippen molar-refractivity contribution >= 4 is 0 Å². The van der Waals surface area contributed by atoms with Gasteiger partial charge in [-0.15, -0.1) is 0 Å². The molecule has 0 aliphatic heterocycles. The molecule has 1 heteroatoms. The molecule has 1 fully saturated rings. The van der Waals surface area contributed by atoms with Gasteiger partial charge in [-0.1, -0.05) is 45.0 Å². The summed E-state index contributed by atoms with van der Waals surface area (Å²) in [6.45, 7) is 6.89. The van der Waals surface area contributed by atoms with Gasteiger partial charge in [0.25, 0.3) is 0 Å². The van der Waals surface area contributed by atoms with Crippen LogP contribution in [0.4, 0.5) is 0 Å². The quantitative estimate of drug-likeness (QED) is 0.831. The minimum atomic E-state index is 0.634. The van der Waals surface area contributed by atoms with Crippen LogP contribution in [-0.2, 0) is 0 Å². The Labute approximate surface area is 106 Å². The van der Waals surface area contributed by atoms with Crippen LogP contribution >= 0.6 is 0 Å². The molecule has 1 N–H and O–H groups in total. The maximum absolute atomic E-state index is 3.44. The van der Waals surface area contributed by atoms with E-state index in [0.717, 1.165) is 11.8 Å².